The first-order valence-electron chi connectivity index (χ1n) is 9.21. The molecule has 2 rings (SSSR count). The van der Waals surface area contributed by atoms with E-state index in [1.54, 1.807) is 6.26 Å². The Morgan fingerprint density at radius 3 is 2.78 bits per heavy atom. The van der Waals surface area contributed by atoms with E-state index in [-0.39, 0.29) is 12.0 Å². The fraction of sp³-hybridized carbons (Fsp3) is 0.737. The van der Waals surface area contributed by atoms with E-state index in [0.717, 1.165) is 38.1 Å². The molecule has 0 radical (unpaired) electrons. The zero-order valence-corrected chi connectivity index (χ0v) is 14.5. The Balaban J connectivity index is 1.76. The maximum atomic E-state index is 12.6. The van der Waals surface area contributed by atoms with Gasteiger partial charge in [-0.15, -0.1) is 0 Å². The van der Waals surface area contributed by atoms with Gasteiger partial charge in [-0.05, 0) is 31.4 Å². The summed E-state index contributed by atoms with van der Waals surface area (Å²) in [6, 6.07) is 3.80. The Labute approximate surface area is 140 Å². The molecule has 130 valence electrons. The Morgan fingerprint density at radius 1 is 1.26 bits per heavy atom. The second kappa shape index (κ2) is 10.5. The van der Waals surface area contributed by atoms with Crippen LogP contribution in [-0.4, -0.2) is 30.1 Å². The molecule has 1 saturated heterocycles. The first kappa shape index (κ1) is 18.1. The van der Waals surface area contributed by atoms with Crippen molar-refractivity contribution in [2.75, 3.05) is 13.2 Å². The number of ether oxygens (including phenoxy) is 1. The fourth-order valence-corrected chi connectivity index (χ4v) is 3.09. The van der Waals surface area contributed by atoms with Crippen molar-refractivity contribution in [3.63, 3.8) is 0 Å². The quantitative estimate of drug-likeness (QED) is 0.562. The summed E-state index contributed by atoms with van der Waals surface area (Å²) < 4.78 is 11.1. The lowest BCUT2D eigenvalue weighted by Crippen LogP contribution is -2.36. The van der Waals surface area contributed by atoms with Gasteiger partial charge in [-0.3, -0.25) is 4.79 Å². The van der Waals surface area contributed by atoms with Crippen LogP contribution in [0.5, 0.6) is 0 Å². The number of rotatable bonds is 11. The van der Waals surface area contributed by atoms with Crippen LogP contribution in [0.2, 0.25) is 0 Å². The third-order valence-corrected chi connectivity index (χ3v) is 4.47. The highest BCUT2D eigenvalue weighted by Crippen LogP contribution is 2.17. The summed E-state index contributed by atoms with van der Waals surface area (Å²) in [5.41, 5.74) is 0. The molecule has 4 heteroatoms. The molecule has 1 unspecified atom stereocenters. The summed E-state index contributed by atoms with van der Waals surface area (Å²) in [4.78, 5) is 14.5. The highest BCUT2D eigenvalue weighted by Gasteiger charge is 2.23. The molecule has 23 heavy (non-hydrogen) atoms. The minimum absolute atomic E-state index is 0.193. The summed E-state index contributed by atoms with van der Waals surface area (Å²) >= 11 is 0. The average Bonchev–Trinajstić information content (AvgIpc) is 3.23. The third-order valence-electron chi connectivity index (χ3n) is 4.47. The van der Waals surface area contributed by atoms with E-state index in [1.165, 1.54) is 25.7 Å². The van der Waals surface area contributed by atoms with Gasteiger partial charge in [-0.2, -0.15) is 0 Å². The third kappa shape index (κ3) is 6.78. The van der Waals surface area contributed by atoms with E-state index in [4.69, 9.17) is 9.15 Å². The van der Waals surface area contributed by atoms with Gasteiger partial charge < -0.3 is 14.1 Å². The predicted octanol–water partition coefficient (Wildman–Crippen LogP) is 4.54. The summed E-state index contributed by atoms with van der Waals surface area (Å²) in [5.74, 6) is 1.08. The molecule has 1 aliphatic heterocycles. The number of nitrogens with zero attached hydrogens (tertiary/aromatic N) is 1. The average molecular weight is 321 g/mol. The lowest BCUT2D eigenvalue weighted by atomic mass is 10.1. The van der Waals surface area contributed by atoms with Crippen molar-refractivity contribution in [1.29, 1.82) is 0 Å². The van der Waals surface area contributed by atoms with Gasteiger partial charge in [-0.25, -0.2) is 0 Å². The van der Waals surface area contributed by atoms with Crippen molar-refractivity contribution in [2.45, 2.75) is 77.4 Å². The number of unbranched alkanes of at least 4 members (excludes halogenated alkanes) is 5. The number of furan rings is 1. The molecule has 1 aromatic heterocycles. The van der Waals surface area contributed by atoms with E-state index < -0.39 is 0 Å². The van der Waals surface area contributed by atoms with Gasteiger partial charge in [0.15, 0.2) is 0 Å². The van der Waals surface area contributed by atoms with E-state index in [0.29, 0.717) is 19.5 Å². The lowest BCUT2D eigenvalue weighted by molar-refractivity contribution is -0.133. The molecule has 1 aromatic rings. The zero-order chi connectivity index (χ0) is 16.3. The molecule has 0 N–H and O–H groups in total. The van der Waals surface area contributed by atoms with Crippen molar-refractivity contribution in [2.24, 2.45) is 0 Å². The van der Waals surface area contributed by atoms with Crippen LogP contribution in [0.1, 0.15) is 70.5 Å². The van der Waals surface area contributed by atoms with Crippen molar-refractivity contribution in [3.05, 3.63) is 24.2 Å². The van der Waals surface area contributed by atoms with Gasteiger partial charge in [-0.1, -0.05) is 39.0 Å². The topological polar surface area (TPSA) is 42.7 Å². The van der Waals surface area contributed by atoms with Crippen LogP contribution < -0.4 is 0 Å². The maximum absolute atomic E-state index is 12.6. The number of hydrogen-bond acceptors (Lipinski definition) is 3. The van der Waals surface area contributed by atoms with Gasteiger partial charge in [0.1, 0.15) is 5.76 Å². The van der Waals surface area contributed by atoms with Gasteiger partial charge in [0.25, 0.3) is 0 Å². The highest BCUT2D eigenvalue weighted by molar-refractivity contribution is 5.76. The molecule has 2 heterocycles. The van der Waals surface area contributed by atoms with Crippen LogP contribution >= 0.6 is 0 Å². The molecule has 1 atom stereocenters. The Morgan fingerprint density at radius 2 is 2.09 bits per heavy atom. The normalized spacial score (nSPS) is 17.5. The molecule has 0 aliphatic carbocycles. The minimum atomic E-state index is 0.193. The van der Waals surface area contributed by atoms with Gasteiger partial charge in [0.2, 0.25) is 5.91 Å². The summed E-state index contributed by atoms with van der Waals surface area (Å²) in [6.45, 7) is 4.29. The van der Waals surface area contributed by atoms with Gasteiger partial charge >= 0.3 is 0 Å². The molecule has 0 bridgehead atoms. The Hall–Kier alpha value is -1.29. The first-order valence-corrected chi connectivity index (χ1v) is 9.21. The van der Waals surface area contributed by atoms with E-state index >= 15 is 0 Å². The minimum Gasteiger partial charge on any atom is -0.467 e. The molecule has 1 fully saturated rings. The van der Waals surface area contributed by atoms with E-state index in [1.807, 2.05) is 17.0 Å². The van der Waals surface area contributed by atoms with Crippen LogP contribution in [0.15, 0.2) is 22.8 Å². The predicted molar refractivity (Wildman–Crippen MR) is 91.1 cm³/mol. The fourth-order valence-electron chi connectivity index (χ4n) is 3.09. The molecule has 0 spiro atoms. The molecule has 0 aromatic carbocycles. The van der Waals surface area contributed by atoms with Crippen LogP contribution in [0.3, 0.4) is 0 Å². The van der Waals surface area contributed by atoms with Crippen molar-refractivity contribution < 1.29 is 13.9 Å². The van der Waals surface area contributed by atoms with E-state index in [9.17, 15) is 4.79 Å². The standard InChI is InChI=1S/C19H31NO3/c1-2-3-4-5-6-7-12-19(21)20(15-17-10-8-13-22-17)16-18-11-9-14-23-18/h8,10,13,18H,2-7,9,11-12,14-16H2,1H3. The summed E-state index contributed by atoms with van der Waals surface area (Å²) in [6.07, 6.45) is 11.9. The van der Waals surface area contributed by atoms with Crippen LogP contribution in [0.25, 0.3) is 0 Å². The second-order valence-corrected chi connectivity index (χ2v) is 6.51. The monoisotopic (exact) mass is 321 g/mol. The summed E-state index contributed by atoms with van der Waals surface area (Å²) in [7, 11) is 0. The smallest absolute Gasteiger partial charge is 0.223 e. The van der Waals surface area contributed by atoms with Crippen molar-refractivity contribution in [3.8, 4) is 0 Å². The molecular formula is C19H31NO3. The van der Waals surface area contributed by atoms with Crippen LogP contribution in [0, 0.1) is 0 Å². The second-order valence-electron chi connectivity index (χ2n) is 6.51. The van der Waals surface area contributed by atoms with Crippen LogP contribution in [0.4, 0.5) is 0 Å². The molecule has 1 aliphatic rings. The Bertz CT molecular complexity index is 424. The highest BCUT2D eigenvalue weighted by atomic mass is 16.5. The molecule has 1 amide bonds. The SMILES string of the molecule is CCCCCCCCC(=O)N(Cc1ccco1)CC1CCCO1. The van der Waals surface area contributed by atoms with Gasteiger partial charge in [0.05, 0.1) is 18.9 Å². The number of hydrogen-bond donors (Lipinski definition) is 0. The largest absolute Gasteiger partial charge is 0.467 e. The maximum Gasteiger partial charge on any atom is 0.223 e. The number of carbonyl (C=O) groups excluding carboxylic acids is 1. The lowest BCUT2D eigenvalue weighted by Gasteiger charge is -2.24. The van der Waals surface area contributed by atoms with Crippen molar-refractivity contribution >= 4 is 5.91 Å². The number of carbonyl (C=O) groups is 1. The first-order chi connectivity index (χ1) is 11.3. The molecule has 0 saturated carbocycles. The van der Waals surface area contributed by atoms with E-state index in [2.05, 4.69) is 6.92 Å². The van der Waals surface area contributed by atoms with Crippen LogP contribution in [-0.2, 0) is 16.1 Å². The summed E-state index contributed by atoms with van der Waals surface area (Å²) in [5, 5.41) is 0. The number of amides is 1. The zero-order valence-electron chi connectivity index (χ0n) is 14.5. The molecular weight excluding hydrogens is 290 g/mol. The Kier molecular flexibility index (Phi) is 8.23. The van der Waals surface area contributed by atoms with Gasteiger partial charge in [0, 0.05) is 19.6 Å². The van der Waals surface area contributed by atoms with Crippen molar-refractivity contribution in [1.82, 2.24) is 4.90 Å². The molecule has 4 nitrogen and oxygen atoms in total.